The Balaban J connectivity index is 1.68. The number of ether oxygens (including phenoxy) is 1. The minimum Gasteiger partial charge on any atom is -0.473 e. The predicted molar refractivity (Wildman–Crippen MR) is 140 cm³/mol. The highest BCUT2D eigenvalue weighted by Crippen LogP contribution is 2.32. The summed E-state index contributed by atoms with van der Waals surface area (Å²) in [5.41, 5.74) is 5.57. The minimum atomic E-state index is -0.322. The molecule has 1 amide bonds. The van der Waals surface area contributed by atoms with Crippen molar-refractivity contribution in [2.75, 3.05) is 10.6 Å². The standard InChI is InChI=1S/C28H31N5O2/c1-5-26(34)31-21-16-25(27(30-17-21)35-18(2)3)33-28-29-14-13-24(32-28)23-12-8-9-19(4)15-20-10-6-7-11-22(20)23/h5-7,10-14,16-19H,1,8-9,15H2,2-4H3,(H,31,34)(H,29,32,33)/b23-12+. The summed E-state index contributed by atoms with van der Waals surface area (Å²) >= 11 is 0. The summed E-state index contributed by atoms with van der Waals surface area (Å²) in [7, 11) is 0. The van der Waals surface area contributed by atoms with Gasteiger partial charge < -0.3 is 15.4 Å². The lowest BCUT2D eigenvalue weighted by Gasteiger charge is -2.20. The van der Waals surface area contributed by atoms with Crippen LogP contribution in [0.2, 0.25) is 0 Å². The number of allylic oxidation sites excluding steroid dienone is 1. The van der Waals surface area contributed by atoms with Gasteiger partial charge in [-0.25, -0.2) is 15.0 Å². The van der Waals surface area contributed by atoms with E-state index in [9.17, 15) is 4.79 Å². The van der Waals surface area contributed by atoms with E-state index in [4.69, 9.17) is 9.72 Å². The third-order valence-corrected chi connectivity index (χ3v) is 5.71. The molecule has 2 aromatic heterocycles. The largest absolute Gasteiger partial charge is 0.473 e. The van der Waals surface area contributed by atoms with E-state index in [1.54, 1.807) is 18.5 Å². The molecule has 0 aliphatic heterocycles. The highest BCUT2D eigenvalue weighted by atomic mass is 16.5. The van der Waals surface area contributed by atoms with E-state index in [2.05, 4.69) is 64.4 Å². The molecule has 1 aromatic carbocycles. The third-order valence-electron chi connectivity index (χ3n) is 5.71. The summed E-state index contributed by atoms with van der Waals surface area (Å²) in [6.07, 6.45) is 9.88. The Labute approximate surface area is 206 Å². The van der Waals surface area contributed by atoms with Gasteiger partial charge in [0, 0.05) is 11.8 Å². The summed E-state index contributed by atoms with van der Waals surface area (Å²) in [5.74, 6) is 1.13. The first-order valence-electron chi connectivity index (χ1n) is 11.9. The maximum absolute atomic E-state index is 11.8. The van der Waals surface area contributed by atoms with Crippen molar-refractivity contribution in [3.63, 3.8) is 0 Å². The van der Waals surface area contributed by atoms with Gasteiger partial charge in [-0.05, 0) is 68.4 Å². The molecule has 1 unspecified atom stereocenters. The number of nitrogens with one attached hydrogen (secondary N) is 2. The molecule has 35 heavy (non-hydrogen) atoms. The molecular formula is C28H31N5O2. The van der Waals surface area contributed by atoms with E-state index in [-0.39, 0.29) is 12.0 Å². The van der Waals surface area contributed by atoms with Crippen molar-refractivity contribution in [1.82, 2.24) is 15.0 Å². The number of aromatic nitrogens is 3. The van der Waals surface area contributed by atoms with Crippen LogP contribution in [0.15, 0.2) is 67.5 Å². The number of benzene rings is 1. The first-order valence-corrected chi connectivity index (χ1v) is 11.9. The highest BCUT2D eigenvalue weighted by Gasteiger charge is 2.17. The first kappa shape index (κ1) is 24.1. The zero-order valence-corrected chi connectivity index (χ0v) is 20.4. The first-order chi connectivity index (χ1) is 16.9. The lowest BCUT2D eigenvalue weighted by molar-refractivity contribution is -0.111. The van der Waals surface area contributed by atoms with Gasteiger partial charge in [-0.15, -0.1) is 0 Å². The zero-order valence-electron chi connectivity index (χ0n) is 20.4. The van der Waals surface area contributed by atoms with Crippen molar-refractivity contribution in [3.8, 4) is 5.88 Å². The van der Waals surface area contributed by atoms with E-state index in [0.717, 1.165) is 30.5 Å². The molecule has 4 rings (SSSR count). The molecule has 1 aliphatic rings. The summed E-state index contributed by atoms with van der Waals surface area (Å²) < 4.78 is 5.86. The number of fused-ring (bicyclic) bond motifs is 1. The van der Waals surface area contributed by atoms with Crippen molar-refractivity contribution >= 4 is 28.8 Å². The average Bonchev–Trinajstić information content (AvgIpc) is 2.82. The molecule has 2 heterocycles. The smallest absolute Gasteiger partial charge is 0.247 e. The quantitative estimate of drug-likeness (QED) is 0.417. The fourth-order valence-electron chi connectivity index (χ4n) is 4.11. The van der Waals surface area contributed by atoms with Crippen LogP contribution in [0.25, 0.3) is 5.57 Å². The van der Waals surface area contributed by atoms with E-state index in [0.29, 0.717) is 29.1 Å². The van der Waals surface area contributed by atoms with Crippen LogP contribution in [0.1, 0.15) is 50.4 Å². The van der Waals surface area contributed by atoms with Crippen molar-refractivity contribution in [2.24, 2.45) is 5.92 Å². The SMILES string of the molecule is C=CC(=O)Nc1cnc(OC(C)C)c(Nc2nccc(/C3=C/CCC(C)Cc4ccccc43)n2)c1. The zero-order chi connectivity index (χ0) is 24.8. The number of hydrogen-bond donors (Lipinski definition) is 2. The second kappa shape index (κ2) is 11.0. The fraction of sp³-hybridized carbons (Fsp3) is 0.286. The number of carbonyl (C=O) groups excluding carboxylic acids is 1. The summed E-state index contributed by atoms with van der Waals surface area (Å²) in [6.45, 7) is 9.65. The van der Waals surface area contributed by atoms with Gasteiger partial charge in [0.05, 0.1) is 23.7 Å². The Morgan fingerprint density at radius 1 is 1.23 bits per heavy atom. The molecule has 3 aromatic rings. The van der Waals surface area contributed by atoms with Crippen molar-refractivity contribution in [1.29, 1.82) is 0 Å². The van der Waals surface area contributed by atoms with Gasteiger partial charge >= 0.3 is 0 Å². The molecule has 7 nitrogen and oxygen atoms in total. The van der Waals surface area contributed by atoms with Crippen LogP contribution in [0, 0.1) is 5.92 Å². The molecule has 0 spiro atoms. The Bertz CT molecular complexity index is 1250. The second-order valence-corrected chi connectivity index (χ2v) is 8.99. The lowest BCUT2D eigenvalue weighted by atomic mass is 9.86. The molecule has 0 radical (unpaired) electrons. The van der Waals surface area contributed by atoms with E-state index in [1.165, 1.54) is 17.2 Å². The van der Waals surface area contributed by atoms with Gasteiger partial charge in [0.1, 0.15) is 5.69 Å². The van der Waals surface area contributed by atoms with Crippen LogP contribution in [-0.2, 0) is 11.2 Å². The van der Waals surface area contributed by atoms with Gasteiger partial charge in [-0.2, -0.15) is 0 Å². The predicted octanol–water partition coefficient (Wildman–Crippen LogP) is 5.93. The molecule has 0 bridgehead atoms. The minimum absolute atomic E-state index is 0.0807. The van der Waals surface area contributed by atoms with Crippen LogP contribution in [0.5, 0.6) is 5.88 Å². The molecule has 7 heteroatoms. The molecule has 0 fully saturated rings. The van der Waals surface area contributed by atoms with Gasteiger partial charge in [0.15, 0.2) is 0 Å². The molecule has 180 valence electrons. The number of anilines is 3. The monoisotopic (exact) mass is 469 g/mol. The number of carbonyl (C=O) groups is 1. The van der Waals surface area contributed by atoms with E-state index < -0.39 is 0 Å². The van der Waals surface area contributed by atoms with Crippen molar-refractivity contribution in [3.05, 3.63) is 84.3 Å². The summed E-state index contributed by atoms with van der Waals surface area (Å²) in [5, 5.41) is 5.96. The average molecular weight is 470 g/mol. The Morgan fingerprint density at radius 3 is 2.86 bits per heavy atom. The van der Waals surface area contributed by atoms with E-state index >= 15 is 0 Å². The number of pyridine rings is 1. The van der Waals surface area contributed by atoms with Crippen molar-refractivity contribution in [2.45, 2.75) is 46.1 Å². The molecular weight excluding hydrogens is 438 g/mol. The summed E-state index contributed by atoms with van der Waals surface area (Å²) in [6, 6.07) is 12.2. The number of hydrogen-bond acceptors (Lipinski definition) is 6. The molecule has 1 atom stereocenters. The topological polar surface area (TPSA) is 89.0 Å². The number of rotatable bonds is 7. The number of amides is 1. The molecule has 0 saturated heterocycles. The number of nitrogens with zero attached hydrogens (tertiary/aromatic N) is 3. The van der Waals surface area contributed by atoms with Crippen LogP contribution in [0.4, 0.5) is 17.3 Å². The van der Waals surface area contributed by atoms with Crippen LogP contribution >= 0.6 is 0 Å². The lowest BCUT2D eigenvalue weighted by Crippen LogP contribution is -2.12. The van der Waals surface area contributed by atoms with Crippen LogP contribution < -0.4 is 15.4 Å². The van der Waals surface area contributed by atoms with E-state index in [1.807, 2.05) is 19.9 Å². The molecule has 0 saturated carbocycles. The Morgan fingerprint density at radius 2 is 2.06 bits per heavy atom. The van der Waals surface area contributed by atoms with Crippen LogP contribution in [0.3, 0.4) is 0 Å². The van der Waals surface area contributed by atoms with Gasteiger partial charge in [0.2, 0.25) is 17.7 Å². The Hall–Kier alpha value is -4.00. The Kier molecular flexibility index (Phi) is 7.55. The maximum Gasteiger partial charge on any atom is 0.247 e. The second-order valence-electron chi connectivity index (χ2n) is 8.99. The van der Waals surface area contributed by atoms with Gasteiger partial charge in [-0.3, -0.25) is 4.79 Å². The molecule has 1 aliphatic carbocycles. The van der Waals surface area contributed by atoms with Gasteiger partial charge in [0.25, 0.3) is 0 Å². The fourth-order valence-corrected chi connectivity index (χ4v) is 4.11. The third kappa shape index (κ3) is 6.12. The normalized spacial score (nSPS) is 16.8. The van der Waals surface area contributed by atoms with Crippen LogP contribution in [-0.4, -0.2) is 27.0 Å². The maximum atomic E-state index is 11.8. The van der Waals surface area contributed by atoms with Crippen molar-refractivity contribution < 1.29 is 9.53 Å². The summed E-state index contributed by atoms with van der Waals surface area (Å²) in [4.78, 5) is 25.4. The highest BCUT2D eigenvalue weighted by molar-refractivity contribution is 5.99. The molecule has 2 N–H and O–H groups in total. The van der Waals surface area contributed by atoms with Gasteiger partial charge in [-0.1, -0.05) is 43.8 Å².